The predicted octanol–water partition coefficient (Wildman–Crippen LogP) is 3.20. The van der Waals surface area contributed by atoms with Crippen LogP contribution in [0.5, 0.6) is 0 Å². The van der Waals surface area contributed by atoms with E-state index in [9.17, 15) is 13.2 Å². The Labute approximate surface area is 151 Å². The average molecular weight is 368 g/mol. The van der Waals surface area contributed by atoms with E-state index >= 15 is 0 Å². The van der Waals surface area contributed by atoms with Gasteiger partial charge in [-0.2, -0.15) is 17.4 Å². The number of rotatable bonds is 7. The van der Waals surface area contributed by atoms with E-state index in [-0.39, 0.29) is 18.0 Å². The molecule has 1 atom stereocenters. The SMILES string of the molecule is CCC(=O)Nc1ccc([C@H](C)NS(=O)(=O)N(C)C2CCCCC2)cc1. The van der Waals surface area contributed by atoms with Crippen LogP contribution in [0.1, 0.15) is 64.0 Å². The molecule has 0 radical (unpaired) electrons. The molecule has 2 rings (SSSR count). The molecular weight excluding hydrogens is 338 g/mol. The summed E-state index contributed by atoms with van der Waals surface area (Å²) in [7, 11) is -1.87. The van der Waals surface area contributed by atoms with Crippen molar-refractivity contribution >= 4 is 21.8 Å². The van der Waals surface area contributed by atoms with Gasteiger partial charge in [0.15, 0.2) is 0 Å². The van der Waals surface area contributed by atoms with Crippen molar-refractivity contribution in [1.82, 2.24) is 9.03 Å². The fourth-order valence-electron chi connectivity index (χ4n) is 3.12. The van der Waals surface area contributed by atoms with Gasteiger partial charge in [-0.1, -0.05) is 38.3 Å². The number of hydrogen-bond donors (Lipinski definition) is 2. The number of nitrogens with zero attached hydrogens (tertiary/aromatic N) is 1. The number of hydrogen-bond acceptors (Lipinski definition) is 3. The monoisotopic (exact) mass is 367 g/mol. The van der Waals surface area contributed by atoms with Crippen molar-refractivity contribution in [1.29, 1.82) is 0 Å². The van der Waals surface area contributed by atoms with E-state index in [1.165, 1.54) is 10.7 Å². The summed E-state index contributed by atoms with van der Waals surface area (Å²) in [6.07, 6.45) is 5.64. The van der Waals surface area contributed by atoms with Crippen molar-refractivity contribution in [2.45, 2.75) is 64.5 Å². The molecule has 1 aliphatic rings. The number of carbonyl (C=O) groups excluding carboxylic acids is 1. The van der Waals surface area contributed by atoms with Crippen LogP contribution >= 0.6 is 0 Å². The zero-order valence-electron chi connectivity index (χ0n) is 15.3. The van der Waals surface area contributed by atoms with Crippen LogP contribution in [0.4, 0.5) is 5.69 Å². The third kappa shape index (κ3) is 5.52. The molecular formula is C18H29N3O3S. The summed E-state index contributed by atoms with van der Waals surface area (Å²) < 4.78 is 29.5. The predicted molar refractivity (Wildman–Crippen MR) is 100 cm³/mol. The van der Waals surface area contributed by atoms with Gasteiger partial charge in [0.05, 0.1) is 0 Å². The smallest absolute Gasteiger partial charge is 0.279 e. The largest absolute Gasteiger partial charge is 0.326 e. The van der Waals surface area contributed by atoms with Gasteiger partial charge in [0.1, 0.15) is 0 Å². The molecule has 0 bridgehead atoms. The van der Waals surface area contributed by atoms with Crippen molar-refractivity contribution in [3.05, 3.63) is 29.8 Å². The third-order valence-electron chi connectivity index (χ3n) is 4.81. The molecule has 1 amide bonds. The Hall–Kier alpha value is -1.44. The fraction of sp³-hybridized carbons (Fsp3) is 0.611. The lowest BCUT2D eigenvalue weighted by atomic mass is 9.96. The van der Waals surface area contributed by atoms with Gasteiger partial charge in [-0.05, 0) is 37.5 Å². The number of benzene rings is 1. The van der Waals surface area contributed by atoms with Crippen LogP contribution in [-0.2, 0) is 15.0 Å². The van der Waals surface area contributed by atoms with E-state index in [1.54, 1.807) is 26.1 Å². The van der Waals surface area contributed by atoms with Gasteiger partial charge in [0.25, 0.3) is 10.2 Å². The first kappa shape index (κ1) is 19.9. The number of nitrogens with one attached hydrogen (secondary N) is 2. The highest BCUT2D eigenvalue weighted by atomic mass is 32.2. The maximum atomic E-state index is 12.6. The van der Waals surface area contributed by atoms with Crippen LogP contribution < -0.4 is 10.0 Å². The molecule has 1 aromatic carbocycles. The second-order valence-electron chi connectivity index (χ2n) is 6.68. The molecule has 2 N–H and O–H groups in total. The van der Waals surface area contributed by atoms with Gasteiger partial charge < -0.3 is 5.32 Å². The number of anilines is 1. The van der Waals surface area contributed by atoms with Crippen LogP contribution in [0.3, 0.4) is 0 Å². The Morgan fingerprint density at radius 3 is 2.36 bits per heavy atom. The van der Waals surface area contributed by atoms with Gasteiger partial charge in [-0.3, -0.25) is 4.79 Å². The molecule has 0 aliphatic heterocycles. The summed E-state index contributed by atoms with van der Waals surface area (Å²) in [6.45, 7) is 3.62. The lowest BCUT2D eigenvalue weighted by molar-refractivity contribution is -0.115. The molecule has 0 aromatic heterocycles. The van der Waals surface area contributed by atoms with Crippen molar-refractivity contribution in [2.75, 3.05) is 12.4 Å². The summed E-state index contributed by atoms with van der Waals surface area (Å²) in [5, 5.41) is 2.78. The zero-order chi connectivity index (χ0) is 18.4. The minimum absolute atomic E-state index is 0.0457. The van der Waals surface area contributed by atoms with Gasteiger partial charge >= 0.3 is 0 Å². The van der Waals surface area contributed by atoms with Crippen molar-refractivity contribution in [2.24, 2.45) is 0 Å². The highest BCUT2D eigenvalue weighted by molar-refractivity contribution is 7.87. The molecule has 0 heterocycles. The molecule has 1 fully saturated rings. The topological polar surface area (TPSA) is 78.5 Å². The Balaban J connectivity index is 1.99. The zero-order valence-corrected chi connectivity index (χ0v) is 16.1. The van der Waals surface area contributed by atoms with E-state index in [0.717, 1.165) is 31.2 Å². The molecule has 1 aliphatic carbocycles. The first-order valence-electron chi connectivity index (χ1n) is 8.98. The standard InChI is InChI=1S/C18H29N3O3S/c1-4-18(22)19-16-12-10-15(11-13-16)14(2)20-25(23,24)21(3)17-8-6-5-7-9-17/h10-14,17,20H,4-9H2,1-3H3,(H,19,22)/t14-/m0/s1. The van der Waals surface area contributed by atoms with Crippen molar-refractivity contribution in [3.8, 4) is 0 Å². The van der Waals surface area contributed by atoms with Gasteiger partial charge in [-0.25, -0.2) is 0 Å². The molecule has 0 spiro atoms. The van der Waals surface area contributed by atoms with Gasteiger partial charge in [0, 0.05) is 31.2 Å². The van der Waals surface area contributed by atoms with Crippen LogP contribution in [-0.4, -0.2) is 31.7 Å². The normalized spacial score (nSPS) is 17.4. The van der Waals surface area contributed by atoms with E-state index in [2.05, 4.69) is 10.0 Å². The molecule has 6 nitrogen and oxygen atoms in total. The molecule has 0 unspecified atom stereocenters. The quantitative estimate of drug-likeness (QED) is 0.777. The minimum Gasteiger partial charge on any atom is -0.326 e. The van der Waals surface area contributed by atoms with Crippen molar-refractivity contribution < 1.29 is 13.2 Å². The third-order valence-corrected chi connectivity index (χ3v) is 6.52. The highest BCUT2D eigenvalue weighted by Crippen LogP contribution is 2.24. The molecule has 140 valence electrons. The van der Waals surface area contributed by atoms with E-state index in [1.807, 2.05) is 19.1 Å². The van der Waals surface area contributed by atoms with E-state index < -0.39 is 10.2 Å². The number of carbonyl (C=O) groups is 1. The van der Waals surface area contributed by atoms with Gasteiger partial charge in [-0.15, -0.1) is 0 Å². The van der Waals surface area contributed by atoms with Crippen LogP contribution in [0.2, 0.25) is 0 Å². The van der Waals surface area contributed by atoms with Crippen LogP contribution in [0.15, 0.2) is 24.3 Å². The Morgan fingerprint density at radius 1 is 1.20 bits per heavy atom. The summed E-state index contributed by atoms with van der Waals surface area (Å²) in [6, 6.07) is 6.99. The summed E-state index contributed by atoms with van der Waals surface area (Å²) >= 11 is 0. The highest BCUT2D eigenvalue weighted by Gasteiger charge is 2.28. The molecule has 1 saturated carbocycles. The van der Waals surface area contributed by atoms with Crippen LogP contribution in [0, 0.1) is 0 Å². The van der Waals surface area contributed by atoms with Crippen molar-refractivity contribution in [3.63, 3.8) is 0 Å². The Bertz CT molecular complexity index is 667. The average Bonchev–Trinajstić information content (AvgIpc) is 2.61. The lowest BCUT2D eigenvalue weighted by Crippen LogP contribution is -2.45. The fourth-order valence-corrected chi connectivity index (χ4v) is 4.47. The van der Waals surface area contributed by atoms with Crippen LogP contribution in [0.25, 0.3) is 0 Å². The molecule has 25 heavy (non-hydrogen) atoms. The second-order valence-corrected chi connectivity index (χ2v) is 8.44. The van der Waals surface area contributed by atoms with E-state index in [0.29, 0.717) is 12.1 Å². The first-order valence-corrected chi connectivity index (χ1v) is 10.4. The number of amides is 1. The Morgan fingerprint density at radius 2 is 1.80 bits per heavy atom. The molecule has 7 heteroatoms. The maximum Gasteiger partial charge on any atom is 0.279 e. The van der Waals surface area contributed by atoms with E-state index in [4.69, 9.17) is 0 Å². The lowest BCUT2D eigenvalue weighted by Gasteiger charge is -2.31. The second kappa shape index (κ2) is 8.78. The first-order chi connectivity index (χ1) is 11.8. The Kier molecular flexibility index (Phi) is 6.98. The molecule has 0 saturated heterocycles. The van der Waals surface area contributed by atoms with Gasteiger partial charge in [0.2, 0.25) is 5.91 Å². The summed E-state index contributed by atoms with van der Waals surface area (Å²) in [5.74, 6) is -0.0457. The molecule has 1 aromatic rings. The maximum absolute atomic E-state index is 12.6. The minimum atomic E-state index is -3.53. The summed E-state index contributed by atoms with van der Waals surface area (Å²) in [5.41, 5.74) is 1.57. The summed E-state index contributed by atoms with van der Waals surface area (Å²) in [4.78, 5) is 11.4.